The molecule has 0 aromatic heterocycles. The van der Waals surface area contributed by atoms with Gasteiger partial charge in [0.2, 0.25) is 0 Å². The third-order valence-electron chi connectivity index (χ3n) is 3.87. The van der Waals surface area contributed by atoms with Crippen LogP contribution in [0.4, 0.5) is 4.39 Å². The Hall–Kier alpha value is -0.970. The summed E-state index contributed by atoms with van der Waals surface area (Å²) in [6, 6.07) is 6.68. The van der Waals surface area contributed by atoms with Gasteiger partial charge in [-0.2, -0.15) is 0 Å². The molecule has 0 amide bonds. The summed E-state index contributed by atoms with van der Waals surface area (Å²) in [5.41, 5.74) is 0.356. The number of aliphatic hydroxyl groups is 1. The Balaban J connectivity index is 1.82. The molecule has 2 N–H and O–H groups in total. The van der Waals surface area contributed by atoms with Crippen molar-refractivity contribution in [3.8, 4) is 0 Å². The van der Waals surface area contributed by atoms with Gasteiger partial charge in [0.05, 0.1) is 6.10 Å². The molecule has 106 valence electrons. The largest absolute Gasteiger partial charge is 0.387 e. The van der Waals surface area contributed by atoms with Crippen LogP contribution >= 0.6 is 0 Å². The first-order valence-electron chi connectivity index (χ1n) is 6.92. The van der Waals surface area contributed by atoms with Gasteiger partial charge >= 0.3 is 0 Å². The lowest BCUT2D eigenvalue weighted by Gasteiger charge is -2.29. The van der Waals surface area contributed by atoms with Crippen molar-refractivity contribution in [1.29, 1.82) is 0 Å². The molecule has 1 fully saturated rings. The van der Waals surface area contributed by atoms with Crippen molar-refractivity contribution in [2.45, 2.75) is 31.9 Å². The van der Waals surface area contributed by atoms with E-state index in [0.29, 0.717) is 24.1 Å². The first kappa shape index (κ1) is 14.4. The molecule has 19 heavy (non-hydrogen) atoms. The molecule has 1 aliphatic rings. The number of hydrogen-bond acceptors (Lipinski definition) is 3. The fourth-order valence-electron chi connectivity index (χ4n) is 2.54. The number of rotatable bonds is 5. The van der Waals surface area contributed by atoms with E-state index in [0.717, 1.165) is 26.1 Å². The Morgan fingerprint density at radius 2 is 2.05 bits per heavy atom. The zero-order chi connectivity index (χ0) is 13.7. The summed E-state index contributed by atoms with van der Waals surface area (Å²) in [7, 11) is 0. The molecule has 0 saturated carbocycles. The zero-order valence-electron chi connectivity index (χ0n) is 11.3. The summed E-state index contributed by atoms with van der Waals surface area (Å²) in [5.74, 6) is 0.220. The highest BCUT2D eigenvalue weighted by atomic mass is 19.1. The van der Waals surface area contributed by atoms with E-state index >= 15 is 0 Å². The van der Waals surface area contributed by atoms with Gasteiger partial charge in [-0.1, -0.05) is 18.2 Å². The van der Waals surface area contributed by atoms with E-state index in [4.69, 9.17) is 4.74 Å². The van der Waals surface area contributed by atoms with Crippen LogP contribution in [-0.2, 0) is 4.74 Å². The molecule has 2 rings (SSSR count). The predicted molar refractivity (Wildman–Crippen MR) is 72.4 cm³/mol. The average Bonchev–Trinajstić information content (AvgIpc) is 2.46. The number of hydrogen-bond donors (Lipinski definition) is 2. The van der Waals surface area contributed by atoms with Crippen molar-refractivity contribution in [2.75, 3.05) is 19.8 Å². The Morgan fingerprint density at radius 1 is 1.37 bits per heavy atom. The number of ether oxygens (including phenoxy) is 1. The molecule has 1 aromatic carbocycles. The fraction of sp³-hybridized carbons (Fsp3) is 0.600. The maximum atomic E-state index is 13.5. The lowest BCUT2D eigenvalue weighted by Crippen LogP contribution is -2.38. The first-order valence-corrected chi connectivity index (χ1v) is 6.92. The van der Waals surface area contributed by atoms with E-state index < -0.39 is 6.10 Å². The summed E-state index contributed by atoms with van der Waals surface area (Å²) in [6.45, 7) is 4.11. The monoisotopic (exact) mass is 267 g/mol. The molecule has 1 heterocycles. The van der Waals surface area contributed by atoms with Crippen molar-refractivity contribution in [3.63, 3.8) is 0 Å². The second-order valence-corrected chi connectivity index (χ2v) is 5.18. The minimum atomic E-state index is -0.802. The highest BCUT2D eigenvalue weighted by Crippen LogP contribution is 2.20. The van der Waals surface area contributed by atoms with E-state index in [-0.39, 0.29) is 5.82 Å². The van der Waals surface area contributed by atoms with Gasteiger partial charge in [-0.25, -0.2) is 4.39 Å². The molecule has 1 aliphatic heterocycles. The molecule has 2 unspecified atom stereocenters. The second-order valence-electron chi connectivity index (χ2n) is 5.18. The molecule has 0 radical (unpaired) electrons. The van der Waals surface area contributed by atoms with Crippen LogP contribution in [0.5, 0.6) is 0 Å². The smallest absolute Gasteiger partial charge is 0.129 e. The quantitative estimate of drug-likeness (QED) is 0.860. The lowest BCUT2D eigenvalue weighted by atomic mass is 9.93. The molecule has 2 atom stereocenters. The first-order chi connectivity index (χ1) is 9.18. The third kappa shape index (κ3) is 4.00. The Labute approximate surface area is 113 Å². The van der Waals surface area contributed by atoms with Crippen molar-refractivity contribution in [1.82, 2.24) is 5.32 Å². The maximum Gasteiger partial charge on any atom is 0.129 e. The molecular formula is C15H22FNO2. The van der Waals surface area contributed by atoms with Crippen LogP contribution in [0.1, 0.15) is 31.4 Å². The van der Waals surface area contributed by atoms with E-state index in [1.807, 2.05) is 0 Å². The van der Waals surface area contributed by atoms with E-state index in [1.165, 1.54) is 6.07 Å². The van der Waals surface area contributed by atoms with Crippen LogP contribution in [0.15, 0.2) is 24.3 Å². The van der Waals surface area contributed by atoms with Crippen molar-refractivity contribution >= 4 is 0 Å². The maximum absolute atomic E-state index is 13.5. The van der Waals surface area contributed by atoms with Gasteiger partial charge in [0, 0.05) is 31.4 Å². The van der Waals surface area contributed by atoms with E-state index in [1.54, 1.807) is 18.2 Å². The molecule has 0 spiro atoms. The summed E-state index contributed by atoms with van der Waals surface area (Å²) in [5, 5.41) is 13.3. The van der Waals surface area contributed by atoms with Gasteiger partial charge in [0.25, 0.3) is 0 Å². The van der Waals surface area contributed by atoms with Crippen LogP contribution in [0, 0.1) is 11.7 Å². The van der Waals surface area contributed by atoms with Crippen LogP contribution in [-0.4, -0.2) is 30.9 Å². The molecule has 4 heteroatoms. The van der Waals surface area contributed by atoms with Gasteiger partial charge in [0.1, 0.15) is 5.82 Å². The summed E-state index contributed by atoms with van der Waals surface area (Å²) < 4.78 is 18.8. The van der Waals surface area contributed by atoms with Crippen molar-refractivity contribution in [3.05, 3.63) is 35.6 Å². The predicted octanol–water partition coefficient (Wildman–Crippen LogP) is 2.26. The summed E-state index contributed by atoms with van der Waals surface area (Å²) in [4.78, 5) is 0. The van der Waals surface area contributed by atoms with E-state index in [9.17, 15) is 9.50 Å². The normalized spacial score (nSPS) is 20.2. The number of halogens is 1. The fourth-order valence-corrected chi connectivity index (χ4v) is 2.54. The molecular weight excluding hydrogens is 245 g/mol. The van der Waals surface area contributed by atoms with Gasteiger partial charge < -0.3 is 15.2 Å². The van der Waals surface area contributed by atoms with Crippen molar-refractivity contribution in [2.24, 2.45) is 5.92 Å². The van der Waals surface area contributed by atoms with Gasteiger partial charge in [-0.3, -0.25) is 0 Å². The third-order valence-corrected chi connectivity index (χ3v) is 3.87. The highest BCUT2D eigenvalue weighted by Gasteiger charge is 2.21. The Morgan fingerprint density at radius 3 is 2.74 bits per heavy atom. The summed E-state index contributed by atoms with van der Waals surface area (Å²) >= 11 is 0. The standard InChI is InChI=1S/C15H22FNO2/c1-11(12-6-8-19-9-7-12)17-10-15(18)13-4-2-3-5-14(13)16/h2-5,11-12,15,17-18H,6-10H2,1H3. The van der Waals surface area contributed by atoms with Crippen LogP contribution in [0.25, 0.3) is 0 Å². The Kier molecular flexibility index (Phi) is 5.31. The number of benzene rings is 1. The zero-order valence-corrected chi connectivity index (χ0v) is 11.3. The van der Waals surface area contributed by atoms with Crippen LogP contribution in [0.2, 0.25) is 0 Å². The van der Waals surface area contributed by atoms with E-state index in [2.05, 4.69) is 12.2 Å². The Bertz CT molecular complexity index is 393. The molecule has 3 nitrogen and oxygen atoms in total. The molecule has 0 bridgehead atoms. The average molecular weight is 267 g/mol. The highest BCUT2D eigenvalue weighted by molar-refractivity contribution is 5.20. The van der Waals surface area contributed by atoms with Gasteiger partial charge in [0.15, 0.2) is 0 Å². The molecule has 0 aliphatic carbocycles. The second kappa shape index (κ2) is 6.98. The number of nitrogens with one attached hydrogen (secondary N) is 1. The minimum Gasteiger partial charge on any atom is -0.387 e. The minimum absolute atomic E-state index is 0.310. The van der Waals surface area contributed by atoms with Gasteiger partial charge in [-0.05, 0) is 31.7 Å². The topological polar surface area (TPSA) is 41.5 Å². The van der Waals surface area contributed by atoms with Crippen LogP contribution in [0.3, 0.4) is 0 Å². The SMILES string of the molecule is CC(NCC(O)c1ccccc1F)C1CCOCC1. The lowest BCUT2D eigenvalue weighted by molar-refractivity contribution is 0.0536. The van der Waals surface area contributed by atoms with Crippen LogP contribution < -0.4 is 5.32 Å². The summed E-state index contributed by atoms with van der Waals surface area (Å²) in [6.07, 6.45) is 1.29. The van der Waals surface area contributed by atoms with Crippen molar-refractivity contribution < 1.29 is 14.2 Å². The number of aliphatic hydroxyl groups excluding tert-OH is 1. The van der Waals surface area contributed by atoms with Gasteiger partial charge in [-0.15, -0.1) is 0 Å². The molecule has 1 aromatic rings. The molecule has 1 saturated heterocycles.